The molecule has 0 spiro atoms. The number of fused-ring (bicyclic) bond motifs is 1. The van der Waals surface area contributed by atoms with E-state index in [0.717, 1.165) is 30.9 Å². The quantitative estimate of drug-likeness (QED) is 0.592. The first-order valence-corrected chi connectivity index (χ1v) is 8.23. The van der Waals surface area contributed by atoms with Gasteiger partial charge >= 0.3 is 0 Å². The number of amides is 2. The smallest absolute Gasteiger partial charge is 0.255 e. The van der Waals surface area contributed by atoms with Crippen molar-refractivity contribution in [3.8, 4) is 5.75 Å². The van der Waals surface area contributed by atoms with E-state index in [0.29, 0.717) is 5.69 Å². The van der Waals surface area contributed by atoms with Crippen LogP contribution in [0.1, 0.15) is 40.4 Å². The molecular weight excluding hydrogens is 316 g/mol. The molecule has 1 atom stereocenters. The van der Waals surface area contributed by atoms with E-state index in [1.807, 2.05) is 18.2 Å². The van der Waals surface area contributed by atoms with Crippen LogP contribution in [0.5, 0.6) is 5.75 Å². The van der Waals surface area contributed by atoms with E-state index in [9.17, 15) is 14.7 Å². The van der Waals surface area contributed by atoms with Crippen LogP contribution in [0.2, 0.25) is 0 Å². The Hall–Kier alpha value is -3.08. The lowest BCUT2D eigenvalue weighted by molar-refractivity contribution is -0.111. The van der Waals surface area contributed by atoms with Crippen molar-refractivity contribution < 1.29 is 14.7 Å². The lowest BCUT2D eigenvalue weighted by Gasteiger charge is -2.26. The number of aryl methyl sites for hydroxylation is 1. The number of carbonyl (C=O) groups is 2. The van der Waals surface area contributed by atoms with Gasteiger partial charge in [0.2, 0.25) is 5.91 Å². The molecule has 5 nitrogen and oxygen atoms in total. The highest BCUT2D eigenvalue weighted by Gasteiger charge is 2.23. The molecule has 1 aliphatic carbocycles. The van der Waals surface area contributed by atoms with Gasteiger partial charge in [0, 0.05) is 5.69 Å². The minimum Gasteiger partial charge on any atom is -0.507 e. The Morgan fingerprint density at radius 3 is 2.80 bits per heavy atom. The number of carbonyl (C=O) groups excluding carboxylic acids is 2. The minimum absolute atomic E-state index is 0.0803. The van der Waals surface area contributed by atoms with Gasteiger partial charge in [0.1, 0.15) is 5.75 Å². The van der Waals surface area contributed by atoms with E-state index in [4.69, 9.17) is 0 Å². The van der Waals surface area contributed by atoms with Crippen molar-refractivity contribution in [1.29, 1.82) is 0 Å². The Balaban J connectivity index is 1.81. The van der Waals surface area contributed by atoms with Crippen molar-refractivity contribution in [2.75, 3.05) is 5.32 Å². The number of hydrogen-bond acceptors (Lipinski definition) is 3. The maximum atomic E-state index is 12.6. The molecule has 3 rings (SSSR count). The van der Waals surface area contributed by atoms with Crippen molar-refractivity contribution in [2.24, 2.45) is 0 Å². The molecule has 128 valence electrons. The summed E-state index contributed by atoms with van der Waals surface area (Å²) in [5, 5.41) is 15.6. The van der Waals surface area contributed by atoms with Crippen LogP contribution >= 0.6 is 0 Å². The average Bonchev–Trinajstić information content (AvgIpc) is 2.63. The molecule has 0 heterocycles. The first-order valence-electron chi connectivity index (χ1n) is 8.23. The molecule has 0 aromatic heterocycles. The molecule has 25 heavy (non-hydrogen) atoms. The zero-order chi connectivity index (χ0) is 17.8. The molecule has 0 bridgehead atoms. The average molecular weight is 336 g/mol. The standard InChI is InChI=1S/C20H20N2O3/c1-2-19(24)21-14-10-11-18(23)16(12-14)20(25)22-17-9-5-7-13-6-3-4-8-15(13)17/h2-4,6,8,10-12,17,23H,1,5,7,9H2,(H,21,24)(H,22,25). The van der Waals surface area contributed by atoms with Gasteiger partial charge in [-0.15, -0.1) is 0 Å². The van der Waals surface area contributed by atoms with Gasteiger partial charge in [0.15, 0.2) is 0 Å². The van der Waals surface area contributed by atoms with Gasteiger partial charge in [-0.1, -0.05) is 30.8 Å². The summed E-state index contributed by atoms with van der Waals surface area (Å²) in [6.07, 6.45) is 4.02. The van der Waals surface area contributed by atoms with E-state index < -0.39 is 0 Å². The fraction of sp³-hybridized carbons (Fsp3) is 0.200. The van der Waals surface area contributed by atoms with E-state index in [1.165, 1.54) is 23.8 Å². The lowest BCUT2D eigenvalue weighted by atomic mass is 9.87. The number of benzene rings is 2. The Morgan fingerprint density at radius 2 is 2.00 bits per heavy atom. The van der Waals surface area contributed by atoms with Crippen molar-refractivity contribution in [2.45, 2.75) is 25.3 Å². The zero-order valence-electron chi connectivity index (χ0n) is 13.8. The molecular formula is C20H20N2O3. The van der Waals surface area contributed by atoms with Crippen molar-refractivity contribution in [1.82, 2.24) is 5.32 Å². The van der Waals surface area contributed by atoms with Crippen molar-refractivity contribution in [3.63, 3.8) is 0 Å². The summed E-state index contributed by atoms with van der Waals surface area (Å²) < 4.78 is 0. The molecule has 5 heteroatoms. The number of phenolic OH excluding ortho intramolecular Hbond substituents is 1. The largest absolute Gasteiger partial charge is 0.507 e. The molecule has 2 aromatic carbocycles. The second-order valence-corrected chi connectivity index (χ2v) is 6.04. The molecule has 1 aliphatic rings. The predicted molar refractivity (Wildman–Crippen MR) is 96.5 cm³/mol. The molecule has 2 amide bonds. The number of rotatable bonds is 4. The second kappa shape index (κ2) is 7.21. The summed E-state index contributed by atoms with van der Waals surface area (Å²) in [5.41, 5.74) is 2.93. The highest BCUT2D eigenvalue weighted by atomic mass is 16.3. The van der Waals surface area contributed by atoms with Crippen LogP contribution in [-0.4, -0.2) is 16.9 Å². The Morgan fingerprint density at radius 1 is 1.20 bits per heavy atom. The maximum Gasteiger partial charge on any atom is 0.255 e. The SMILES string of the molecule is C=CC(=O)Nc1ccc(O)c(C(=O)NC2CCCc3ccccc32)c1. The van der Waals surface area contributed by atoms with E-state index in [2.05, 4.69) is 23.3 Å². The summed E-state index contributed by atoms with van der Waals surface area (Å²) in [4.78, 5) is 24.1. The van der Waals surface area contributed by atoms with Gasteiger partial charge in [-0.25, -0.2) is 0 Å². The van der Waals surface area contributed by atoms with Crippen molar-refractivity contribution >= 4 is 17.5 Å². The summed E-state index contributed by atoms with van der Waals surface area (Å²) in [6.45, 7) is 3.39. The number of anilines is 1. The second-order valence-electron chi connectivity index (χ2n) is 6.04. The van der Waals surface area contributed by atoms with Gasteiger partial charge in [-0.05, 0) is 54.7 Å². The third-order valence-electron chi connectivity index (χ3n) is 4.37. The van der Waals surface area contributed by atoms with Crippen molar-refractivity contribution in [3.05, 3.63) is 71.8 Å². The van der Waals surface area contributed by atoms with Crippen LogP contribution in [0.3, 0.4) is 0 Å². The Kier molecular flexibility index (Phi) is 4.84. The van der Waals surface area contributed by atoms with Crippen LogP contribution in [0.15, 0.2) is 55.1 Å². The Bertz CT molecular complexity index is 829. The Labute approximate surface area is 146 Å². The summed E-state index contributed by atoms with van der Waals surface area (Å²) in [5.74, 6) is -0.870. The van der Waals surface area contributed by atoms with Crippen LogP contribution in [0, 0.1) is 0 Å². The third kappa shape index (κ3) is 3.71. The fourth-order valence-electron chi connectivity index (χ4n) is 3.13. The topological polar surface area (TPSA) is 78.4 Å². The number of hydrogen-bond donors (Lipinski definition) is 3. The van der Waals surface area contributed by atoms with Crippen LogP contribution in [-0.2, 0) is 11.2 Å². The highest BCUT2D eigenvalue weighted by Crippen LogP contribution is 2.30. The first-order chi connectivity index (χ1) is 12.1. The molecule has 0 radical (unpaired) electrons. The third-order valence-corrected chi connectivity index (χ3v) is 4.37. The lowest BCUT2D eigenvalue weighted by Crippen LogP contribution is -2.31. The minimum atomic E-state index is -0.377. The van der Waals surface area contributed by atoms with Gasteiger partial charge in [-0.3, -0.25) is 9.59 Å². The van der Waals surface area contributed by atoms with Crippen LogP contribution in [0.4, 0.5) is 5.69 Å². The molecule has 0 aliphatic heterocycles. The molecule has 0 saturated heterocycles. The zero-order valence-corrected chi connectivity index (χ0v) is 13.8. The predicted octanol–water partition coefficient (Wildman–Crippen LogP) is 3.32. The summed E-state index contributed by atoms with van der Waals surface area (Å²) in [7, 11) is 0. The van der Waals surface area contributed by atoms with E-state index >= 15 is 0 Å². The monoisotopic (exact) mass is 336 g/mol. The summed E-state index contributed by atoms with van der Waals surface area (Å²) >= 11 is 0. The number of phenols is 1. The van der Waals surface area contributed by atoms with E-state index in [1.54, 1.807) is 0 Å². The van der Waals surface area contributed by atoms with Crippen LogP contribution < -0.4 is 10.6 Å². The fourth-order valence-corrected chi connectivity index (χ4v) is 3.13. The highest BCUT2D eigenvalue weighted by molar-refractivity contribution is 6.02. The maximum absolute atomic E-state index is 12.6. The number of nitrogens with one attached hydrogen (secondary N) is 2. The molecule has 3 N–H and O–H groups in total. The first kappa shape index (κ1) is 16.8. The normalized spacial score (nSPS) is 15.8. The molecule has 2 aromatic rings. The molecule has 0 fully saturated rings. The number of aromatic hydroxyl groups is 1. The van der Waals surface area contributed by atoms with Gasteiger partial charge in [0.05, 0.1) is 11.6 Å². The molecule has 1 unspecified atom stereocenters. The van der Waals surface area contributed by atoms with Gasteiger partial charge in [-0.2, -0.15) is 0 Å². The van der Waals surface area contributed by atoms with Gasteiger partial charge in [0.25, 0.3) is 5.91 Å². The van der Waals surface area contributed by atoms with E-state index in [-0.39, 0.29) is 29.2 Å². The van der Waals surface area contributed by atoms with Crippen LogP contribution in [0.25, 0.3) is 0 Å². The summed E-state index contributed by atoms with van der Waals surface area (Å²) in [6, 6.07) is 12.4. The van der Waals surface area contributed by atoms with Gasteiger partial charge < -0.3 is 15.7 Å². The molecule has 0 saturated carbocycles.